The summed E-state index contributed by atoms with van der Waals surface area (Å²) in [6.07, 6.45) is 0. The third-order valence-electron chi connectivity index (χ3n) is 1.11. The van der Waals surface area contributed by atoms with Crippen LogP contribution in [0.3, 0.4) is 0 Å². The second-order valence-electron chi connectivity index (χ2n) is 2.05. The van der Waals surface area contributed by atoms with Crippen molar-refractivity contribution in [3.63, 3.8) is 0 Å². The molecule has 0 fully saturated rings. The maximum atomic E-state index is 8.41. The van der Waals surface area contributed by atoms with E-state index in [-0.39, 0.29) is 5.82 Å². The van der Waals surface area contributed by atoms with Crippen LogP contribution in [0.15, 0.2) is 0 Å². The van der Waals surface area contributed by atoms with Gasteiger partial charge < -0.3 is 0 Å². The number of nitrogens with zero attached hydrogens (tertiary/aromatic N) is 5. The van der Waals surface area contributed by atoms with Crippen LogP contribution in [0.2, 0.25) is 0 Å². The Labute approximate surface area is 103 Å². The van der Waals surface area contributed by atoms with Crippen molar-refractivity contribution in [1.82, 2.24) is 20.2 Å². The van der Waals surface area contributed by atoms with Crippen LogP contribution < -0.4 is 0 Å². The Morgan fingerprint density at radius 2 is 1.79 bits per heavy atom. The zero-order valence-corrected chi connectivity index (χ0v) is 9.91. The van der Waals surface area contributed by atoms with Crippen LogP contribution in [0.4, 0.5) is 0 Å². The van der Waals surface area contributed by atoms with E-state index < -0.39 is 8.25 Å². The van der Waals surface area contributed by atoms with E-state index >= 15 is 0 Å². The minimum atomic E-state index is -2.05. The van der Waals surface area contributed by atoms with E-state index in [9.17, 15) is 0 Å². The van der Waals surface area contributed by atoms with E-state index in [0.717, 1.165) is 0 Å². The standard InChI is InChI=1S/C4Cl5N5/c5-3(6,7)4(8,9)14-12-2(1-10)11-13-14. The van der Waals surface area contributed by atoms with Gasteiger partial charge in [0.05, 0.1) is 0 Å². The lowest BCUT2D eigenvalue weighted by molar-refractivity contribution is 0.460. The molecule has 1 heterocycles. The summed E-state index contributed by atoms with van der Waals surface area (Å²) in [6, 6.07) is 1.62. The fraction of sp³-hybridized carbons (Fsp3) is 0.500. The van der Waals surface area contributed by atoms with Gasteiger partial charge in [-0.1, -0.05) is 63.1 Å². The molecule has 5 nitrogen and oxygen atoms in total. The number of aromatic nitrogens is 4. The lowest BCUT2D eigenvalue weighted by Crippen LogP contribution is -2.36. The molecule has 10 heteroatoms. The van der Waals surface area contributed by atoms with Gasteiger partial charge in [0.2, 0.25) is 3.79 Å². The molecule has 0 aliphatic heterocycles. The average molecular weight is 295 g/mol. The minimum Gasteiger partial charge on any atom is -0.189 e. The van der Waals surface area contributed by atoms with Gasteiger partial charge in [-0.15, -0.1) is 9.90 Å². The molecule has 0 spiro atoms. The molecule has 1 rings (SSSR count). The highest BCUT2D eigenvalue weighted by Crippen LogP contribution is 2.48. The summed E-state index contributed by atoms with van der Waals surface area (Å²) in [5.74, 6) is -0.232. The van der Waals surface area contributed by atoms with E-state index in [1.165, 1.54) is 0 Å². The molecule has 1 aromatic heterocycles. The first-order chi connectivity index (χ1) is 6.29. The van der Waals surface area contributed by atoms with Gasteiger partial charge >= 0.3 is 0 Å². The first-order valence-corrected chi connectivity index (χ1v) is 4.83. The molecule has 0 bridgehead atoms. The van der Waals surface area contributed by atoms with E-state index in [2.05, 4.69) is 15.4 Å². The minimum absolute atomic E-state index is 0.232. The largest absolute Gasteiger partial charge is 0.276 e. The third kappa shape index (κ3) is 2.15. The normalized spacial score (nSPS) is 12.6. The SMILES string of the molecule is N#Cc1nnn(C(Cl)(Cl)C(Cl)(Cl)Cl)n1. The highest BCUT2D eigenvalue weighted by molar-refractivity contribution is 6.74. The number of tetrazole rings is 1. The first-order valence-electron chi connectivity index (χ1n) is 2.94. The zero-order valence-electron chi connectivity index (χ0n) is 6.13. The van der Waals surface area contributed by atoms with Crippen LogP contribution >= 0.6 is 58.0 Å². The van der Waals surface area contributed by atoms with Crippen LogP contribution in [-0.4, -0.2) is 24.0 Å². The summed E-state index contributed by atoms with van der Waals surface area (Å²) in [5, 5.41) is 18.5. The third-order valence-corrected chi connectivity index (χ3v) is 3.38. The molecule has 0 aromatic carbocycles. The molecule has 0 amide bonds. The average Bonchev–Trinajstić information content (AvgIpc) is 2.49. The Morgan fingerprint density at radius 3 is 2.14 bits per heavy atom. The van der Waals surface area contributed by atoms with Gasteiger partial charge in [-0.25, -0.2) is 0 Å². The van der Waals surface area contributed by atoms with Gasteiger partial charge in [0.15, 0.2) is 0 Å². The molecule has 0 saturated carbocycles. The summed E-state index contributed by atoms with van der Waals surface area (Å²) in [4.78, 5) is 0.641. The molecule has 0 N–H and O–H groups in total. The fourth-order valence-electron chi connectivity index (χ4n) is 0.492. The van der Waals surface area contributed by atoms with E-state index in [1.54, 1.807) is 6.07 Å². The molecule has 76 valence electrons. The maximum absolute atomic E-state index is 8.41. The van der Waals surface area contributed by atoms with Crippen LogP contribution in [0, 0.1) is 11.3 Å². The molecule has 0 atom stereocenters. The van der Waals surface area contributed by atoms with Gasteiger partial charge in [-0.2, -0.15) is 5.26 Å². The second kappa shape index (κ2) is 3.87. The van der Waals surface area contributed by atoms with Crippen LogP contribution in [-0.2, 0) is 4.46 Å². The monoisotopic (exact) mass is 293 g/mol. The maximum Gasteiger partial charge on any atom is 0.276 e. The van der Waals surface area contributed by atoms with Gasteiger partial charge in [-0.05, 0) is 5.21 Å². The number of rotatable bonds is 1. The molecule has 0 unspecified atom stereocenters. The van der Waals surface area contributed by atoms with Crippen molar-refractivity contribution in [2.45, 2.75) is 8.25 Å². The molecule has 14 heavy (non-hydrogen) atoms. The number of hydrogen-bond acceptors (Lipinski definition) is 4. The van der Waals surface area contributed by atoms with Crippen molar-refractivity contribution < 1.29 is 0 Å². The van der Waals surface area contributed by atoms with Gasteiger partial charge in [0, 0.05) is 0 Å². The molecule has 0 aliphatic rings. The summed E-state index contributed by atoms with van der Waals surface area (Å²) >= 11 is 27.7. The highest BCUT2D eigenvalue weighted by Gasteiger charge is 2.50. The Morgan fingerprint density at radius 1 is 1.21 bits per heavy atom. The van der Waals surface area contributed by atoms with Crippen LogP contribution in [0.25, 0.3) is 0 Å². The van der Waals surface area contributed by atoms with Gasteiger partial charge in [0.1, 0.15) is 6.07 Å². The van der Waals surface area contributed by atoms with Crippen molar-refractivity contribution in [2.24, 2.45) is 0 Å². The molecule has 0 aliphatic carbocycles. The molecule has 0 saturated heterocycles. The predicted octanol–water partition coefficient (Wildman–Crippen LogP) is 2.00. The van der Waals surface area contributed by atoms with E-state index in [0.29, 0.717) is 4.80 Å². The Hall–Kier alpha value is 0.0100. The second-order valence-corrected chi connectivity index (χ2v) is 5.62. The van der Waals surface area contributed by atoms with Crippen LogP contribution in [0.1, 0.15) is 5.82 Å². The highest BCUT2D eigenvalue weighted by atomic mass is 35.6. The summed E-state index contributed by atoms with van der Waals surface area (Å²) in [7, 11) is 0. The quantitative estimate of drug-likeness (QED) is 0.743. The molecule has 0 radical (unpaired) electrons. The number of hydrogen-bond donors (Lipinski definition) is 0. The topological polar surface area (TPSA) is 67.4 Å². The first kappa shape index (κ1) is 12.1. The van der Waals surface area contributed by atoms with Gasteiger partial charge in [0.25, 0.3) is 10.3 Å². The predicted molar refractivity (Wildman–Crippen MR) is 52.5 cm³/mol. The van der Waals surface area contributed by atoms with Crippen molar-refractivity contribution in [3.05, 3.63) is 5.82 Å². The Balaban J connectivity index is 3.11. The lowest BCUT2D eigenvalue weighted by Gasteiger charge is -2.24. The number of halogens is 5. The van der Waals surface area contributed by atoms with Gasteiger partial charge in [-0.3, -0.25) is 0 Å². The summed E-state index contributed by atoms with van der Waals surface area (Å²) in [5.41, 5.74) is 0. The van der Waals surface area contributed by atoms with Crippen molar-refractivity contribution in [2.75, 3.05) is 0 Å². The van der Waals surface area contributed by atoms with Crippen LogP contribution in [0.5, 0.6) is 0 Å². The van der Waals surface area contributed by atoms with Crippen molar-refractivity contribution in [1.29, 1.82) is 5.26 Å². The molecule has 1 aromatic rings. The summed E-state index contributed by atoms with van der Waals surface area (Å²) in [6.45, 7) is 0. The zero-order chi connectivity index (χ0) is 11.0. The van der Waals surface area contributed by atoms with E-state index in [1.807, 2.05) is 0 Å². The summed E-state index contributed by atoms with van der Waals surface area (Å²) < 4.78 is -4.08. The fourth-order valence-corrected chi connectivity index (χ4v) is 0.862. The smallest absolute Gasteiger partial charge is 0.189 e. The number of nitriles is 1. The van der Waals surface area contributed by atoms with Crippen molar-refractivity contribution >= 4 is 58.0 Å². The molecular formula is C4Cl5N5. The Kier molecular flexibility index (Phi) is 3.34. The van der Waals surface area contributed by atoms with Crippen molar-refractivity contribution in [3.8, 4) is 6.07 Å². The van der Waals surface area contributed by atoms with E-state index in [4.69, 9.17) is 63.3 Å². The number of alkyl halides is 5. The molecular weight excluding hydrogens is 295 g/mol. The lowest BCUT2D eigenvalue weighted by atomic mass is 10.7. The Bertz CT molecular complexity index is 372.